The van der Waals surface area contributed by atoms with E-state index in [0.29, 0.717) is 5.13 Å². The minimum Gasteiger partial charge on any atom is -0.481 e. The Morgan fingerprint density at radius 1 is 1.50 bits per heavy atom. The summed E-state index contributed by atoms with van der Waals surface area (Å²) in [5.74, 6) is -1.16. The van der Waals surface area contributed by atoms with E-state index in [9.17, 15) is 9.59 Å². The molecule has 1 amide bonds. The number of amides is 1. The van der Waals surface area contributed by atoms with Gasteiger partial charge in [-0.2, -0.15) is 0 Å². The SMILES string of the molecule is CC(C)(CC(=O)O)CC(=O)Nc1nncs1. The van der Waals surface area contributed by atoms with Crippen molar-refractivity contribution in [2.24, 2.45) is 5.41 Å². The number of hydrogen-bond acceptors (Lipinski definition) is 5. The number of hydrogen-bond donors (Lipinski definition) is 2. The molecule has 16 heavy (non-hydrogen) atoms. The van der Waals surface area contributed by atoms with Crippen LogP contribution in [-0.4, -0.2) is 27.2 Å². The average Bonchev–Trinajstić information content (AvgIpc) is 2.51. The van der Waals surface area contributed by atoms with Crippen LogP contribution in [0.3, 0.4) is 0 Å². The van der Waals surface area contributed by atoms with Crippen LogP contribution < -0.4 is 5.32 Å². The van der Waals surface area contributed by atoms with E-state index in [2.05, 4.69) is 15.5 Å². The molecule has 6 nitrogen and oxygen atoms in total. The van der Waals surface area contributed by atoms with Gasteiger partial charge in [0, 0.05) is 6.42 Å². The number of rotatable bonds is 5. The second-order valence-corrected chi connectivity index (χ2v) is 5.04. The number of nitrogens with one attached hydrogen (secondary N) is 1. The highest BCUT2D eigenvalue weighted by atomic mass is 32.1. The summed E-state index contributed by atoms with van der Waals surface area (Å²) in [4.78, 5) is 22.1. The zero-order valence-electron chi connectivity index (χ0n) is 9.06. The molecule has 7 heteroatoms. The van der Waals surface area contributed by atoms with Crippen LogP contribution in [0.5, 0.6) is 0 Å². The van der Waals surface area contributed by atoms with Crippen molar-refractivity contribution < 1.29 is 14.7 Å². The number of aliphatic carboxylic acids is 1. The highest BCUT2D eigenvalue weighted by molar-refractivity contribution is 7.13. The van der Waals surface area contributed by atoms with Gasteiger partial charge < -0.3 is 10.4 Å². The summed E-state index contributed by atoms with van der Waals surface area (Å²) in [5.41, 5.74) is 0.943. The molecule has 0 saturated carbocycles. The van der Waals surface area contributed by atoms with E-state index in [4.69, 9.17) is 5.11 Å². The topological polar surface area (TPSA) is 92.2 Å². The average molecular weight is 243 g/mol. The van der Waals surface area contributed by atoms with E-state index in [0.717, 1.165) is 0 Å². The standard InChI is InChI=1S/C9H13N3O3S/c1-9(2,4-7(14)15)3-6(13)11-8-12-10-5-16-8/h5H,3-4H2,1-2H3,(H,14,15)(H,11,12,13). The zero-order chi connectivity index (χ0) is 12.2. The molecule has 2 N–H and O–H groups in total. The van der Waals surface area contributed by atoms with Crippen LogP contribution in [0, 0.1) is 5.41 Å². The lowest BCUT2D eigenvalue weighted by molar-refractivity contribution is -0.139. The van der Waals surface area contributed by atoms with E-state index >= 15 is 0 Å². The maximum atomic E-state index is 11.5. The molecule has 0 spiro atoms. The van der Waals surface area contributed by atoms with Gasteiger partial charge in [-0.05, 0) is 5.41 Å². The number of carbonyl (C=O) groups excluding carboxylic acids is 1. The van der Waals surface area contributed by atoms with Gasteiger partial charge in [0.15, 0.2) is 0 Å². The highest BCUT2D eigenvalue weighted by Crippen LogP contribution is 2.25. The van der Waals surface area contributed by atoms with Crippen molar-refractivity contribution in [2.45, 2.75) is 26.7 Å². The molecule has 0 atom stereocenters. The molecule has 0 fully saturated rings. The Labute approximate surface area is 96.7 Å². The van der Waals surface area contributed by atoms with Gasteiger partial charge in [0.05, 0.1) is 6.42 Å². The molecule has 88 valence electrons. The summed E-state index contributed by atoms with van der Waals surface area (Å²) in [6, 6.07) is 0. The van der Waals surface area contributed by atoms with E-state index in [-0.39, 0.29) is 18.7 Å². The van der Waals surface area contributed by atoms with E-state index in [1.54, 1.807) is 13.8 Å². The summed E-state index contributed by atoms with van der Waals surface area (Å²) in [7, 11) is 0. The van der Waals surface area contributed by atoms with Gasteiger partial charge in [0.25, 0.3) is 0 Å². The van der Waals surface area contributed by atoms with Crippen LogP contribution in [0.2, 0.25) is 0 Å². The fourth-order valence-corrected chi connectivity index (χ4v) is 1.76. The number of carboxylic acid groups (broad SMARTS) is 1. The normalized spacial score (nSPS) is 11.1. The maximum absolute atomic E-state index is 11.5. The summed E-state index contributed by atoms with van der Waals surface area (Å²) < 4.78 is 0. The van der Waals surface area contributed by atoms with Crippen molar-refractivity contribution in [2.75, 3.05) is 5.32 Å². The van der Waals surface area contributed by atoms with E-state index < -0.39 is 11.4 Å². The first-order chi connectivity index (χ1) is 7.39. The molecular formula is C9H13N3O3S. The van der Waals surface area contributed by atoms with Gasteiger partial charge in [0.2, 0.25) is 11.0 Å². The van der Waals surface area contributed by atoms with Crippen LogP contribution >= 0.6 is 11.3 Å². The van der Waals surface area contributed by atoms with Crippen LogP contribution in [0.1, 0.15) is 26.7 Å². The minimum atomic E-state index is -0.909. The number of nitrogens with zero attached hydrogens (tertiary/aromatic N) is 2. The molecule has 0 aliphatic rings. The molecule has 1 aromatic rings. The Balaban J connectivity index is 2.47. The predicted octanol–water partition coefficient (Wildman–Crippen LogP) is 1.37. The van der Waals surface area contributed by atoms with Gasteiger partial charge in [-0.25, -0.2) is 0 Å². The lowest BCUT2D eigenvalue weighted by Crippen LogP contribution is -2.24. The monoisotopic (exact) mass is 243 g/mol. The van der Waals surface area contributed by atoms with Gasteiger partial charge in [0.1, 0.15) is 5.51 Å². The fraction of sp³-hybridized carbons (Fsp3) is 0.556. The quantitative estimate of drug-likeness (QED) is 0.814. The molecule has 0 aliphatic carbocycles. The first-order valence-electron chi connectivity index (χ1n) is 4.67. The highest BCUT2D eigenvalue weighted by Gasteiger charge is 2.25. The Bertz CT molecular complexity index is 375. The Hall–Kier alpha value is -1.50. The summed E-state index contributed by atoms with van der Waals surface area (Å²) in [6.07, 6.45) is 0.0927. The molecule has 0 unspecified atom stereocenters. The van der Waals surface area contributed by atoms with Crippen molar-refractivity contribution in [1.82, 2.24) is 10.2 Å². The number of carbonyl (C=O) groups is 2. The van der Waals surface area contributed by atoms with Crippen molar-refractivity contribution in [1.29, 1.82) is 0 Å². The first-order valence-corrected chi connectivity index (χ1v) is 5.55. The molecule has 0 bridgehead atoms. The van der Waals surface area contributed by atoms with Crippen LogP contribution in [0.15, 0.2) is 5.51 Å². The lowest BCUT2D eigenvalue weighted by Gasteiger charge is -2.20. The van der Waals surface area contributed by atoms with Crippen LogP contribution in [0.25, 0.3) is 0 Å². The van der Waals surface area contributed by atoms with Crippen molar-refractivity contribution in [3.8, 4) is 0 Å². The minimum absolute atomic E-state index is 0.0451. The fourth-order valence-electron chi connectivity index (χ4n) is 1.30. The number of aromatic nitrogens is 2. The third kappa shape index (κ3) is 4.35. The molecule has 0 aliphatic heterocycles. The van der Waals surface area contributed by atoms with Gasteiger partial charge in [-0.15, -0.1) is 10.2 Å². The lowest BCUT2D eigenvalue weighted by atomic mass is 9.85. The summed E-state index contributed by atoms with van der Waals surface area (Å²) >= 11 is 1.22. The van der Waals surface area contributed by atoms with E-state index in [1.807, 2.05) is 0 Å². The zero-order valence-corrected chi connectivity index (χ0v) is 9.87. The Morgan fingerprint density at radius 2 is 2.19 bits per heavy atom. The van der Waals surface area contributed by atoms with Gasteiger partial charge >= 0.3 is 5.97 Å². The van der Waals surface area contributed by atoms with Gasteiger partial charge in [-0.1, -0.05) is 25.2 Å². The molecule has 0 radical (unpaired) electrons. The third-order valence-corrected chi connectivity index (χ3v) is 2.48. The Morgan fingerprint density at radius 3 is 2.69 bits per heavy atom. The Kier molecular flexibility index (Phi) is 3.94. The van der Waals surface area contributed by atoms with Crippen LogP contribution in [-0.2, 0) is 9.59 Å². The molecule has 1 heterocycles. The molecule has 0 aromatic carbocycles. The number of anilines is 1. The predicted molar refractivity (Wildman–Crippen MR) is 59.2 cm³/mol. The first kappa shape index (κ1) is 12.6. The molecule has 1 rings (SSSR count). The smallest absolute Gasteiger partial charge is 0.303 e. The summed E-state index contributed by atoms with van der Waals surface area (Å²) in [6.45, 7) is 3.47. The second kappa shape index (κ2) is 5.02. The maximum Gasteiger partial charge on any atom is 0.303 e. The largest absolute Gasteiger partial charge is 0.481 e. The van der Waals surface area contributed by atoms with Crippen LogP contribution in [0.4, 0.5) is 5.13 Å². The van der Waals surface area contributed by atoms with Crippen molar-refractivity contribution >= 4 is 28.3 Å². The van der Waals surface area contributed by atoms with Gasteiger partial charge in [-0.3, -0.25) is 9.59 Å². The van der Waals surface area contributed by atoms with Crippen molar-refractivity contribution in [3.63, 3.8) is 0 Å². The second-order valence-electron chi connectivity index (χ2n) is 4.20. The molecule has 0 saturated heterocycles. The van der Waals surface area contributed by atoms with E-state index in [1.165, 1.54) is 16.8 Å². The van der Waals surface area contributed by atoms with Crippen molar-refractivity contribution in [3.05, 3.63) is 5.51 Å². The number of carboxylic acids is 1. The molecular weight excluding hydrogens is 230 g/mol. The summed E-state index contributed by atoms with van der Waals surface area (Å²) in [5, 5.41) is 18.9. The molecule has 1 aromatic heterocycles. The third-order valence-electron chi connectivity index (χ3n) is 1.88.